The molecule has 2 amide bonds. The van der Waals surface area contributed by atoms with Crippen LogP contribution < -0.4 is 0 Å². The van der Waals surface area contributed by atoms with Gasteiger partial charge in [0, 0.05) is 6.42 Å². The summed E-state index contributed by atoms with van der Waals surface area (Å²) >= 11 is 0. The Morgan fingerprint density at radius 2 is 1.89 bits per heavy atom. The number of carboxylic acid groups (broad SMARTS) is 1. The summed E-state index contributed by atoms with van der Waals surface area (Å²) in [6.45, 7) is 3.02. The van der Waals surface area contributed by atoms with Crippen molar-refractivity contribution in [2.75, 3.05) is 0 Å². The Labute approximate surface area is 110 Å². The molecular formula is C14H15NO4. The second-order valence-electron chi connectivity index (χ2n) is 4.96. The first-order chi connectivity index (χ1) is 8.88. The zero-order valence-corrected chi connectivity index (χ0v) is 10.8. The van der Waals surface area contributed by atoms with Crippen molar-refractivity contribution in [3.05, 3.63) is 35.9 Å². The van der Waals surface area contributed by atoms with E-state index < -0.39 is 29.2 Å². The van der Waals surface area contributed by atoms with E-state index in [0.717, 1.165) is 10.5 Å². The minimum absolute atomic E-state index is 0.00741. The Morgan fingerprint density at radius 1 is 1.32 bits per heavy atom. The molecule has 0 spiro atoms. The monoisotopic (exact) mass is 261 g/mol. The number of hydrogen-bond acceptors (Lipinski definition) is 3. The SMILES string of the molecule is CC(C(=O)O)N1C(=O)CC(C)(c2ccccc2)C1=O. The number of benzene rings is 1. The van der Waals surface area contributed by atoms with Crippen molar-refractivity contribution in [2.45, 2.75) is 31.7 Å². The minimum Gasteiger partial charge on any atom is -0.480 e. The summed E-state index contributed by atoms with van der Waals surface area (Å²) in [4.78, 5) is 36.2. The topological polar surface area (TPSA) is 74.7 Å². The largest absolute Gasteiger partial charge is 0.480 e. The van der Waals surface area contributed by atoms with Gasteiger partial charge in [-0.05, 0) is 19.4 Å². The highest BCUT2D eigenvalue weighted by atomic mass is 16.4. The lowest BCUT2D eigenvalue weighted by Crippen LogP contribution is -2.45. The summed E-state index contributed by atoms with van der Waals surface area (Å²) in [5, 5.41) is 8.97. The number of amides is 2. The Balaban J connectivity index is 2.40. The quantitative estimate of drug-likeness (QED) is 0.829. The molecule has 1 aromatic rings. The first-order valence-corrected chi connectivity index (χ1v) is 6.03. The number of imide groups is 1. The van der Waals surface area contributed by atoms with E-state index in [0.29, 0.717) is 0 Å². The average molecular weight is 261 g/mol. The van der Waals surface area contributed by atoms with Gasteiger partial charge in [-0.1, -0.05) is 30.3 Å². The summed E-state index contributed by atoms with van der Waals surface area (Å²) in [5.41, 5.74) is -0.240. The molecule has 1 heterocycles. The predicted octanol–water partition coefficient (Wildman–Crippen LogP) is 1.18. The third kappa shape index (κ3) is 2.01. The van der Waals surface area contributed by atoms with Gasteiger partial charge in [0.1, 0.15) is 6.04 Å². The van der Waals surface area contributed by atoms with Gasteiger partial charge in [0.25, 0.3) is 0 Å². The molecule has 1 fully saturated rings. The standard InChI is InChI=1S/C14H15NO4/c1-9(12(17)18)15-11(16)8-14(2,13(15)19)10-6-4-3-5-7-10/h3-7,9H,8H2,1-2H3,(H,17,18). The molecule has 0 aliphatic carbocycles. The molecular weight excluding hydrogens is 246 g/mol. The van der Waals surface area contributed by atoms with E-state index in [4.69, 9.17) is 5.11 Å². The number of rotatable bonds is 3. The van der Waals surface area contributed by atoms with Crippen LogP contribution >= 0.6 is 0 Å². The van der Waals surface area contributed by atoms with Gasteiger partial charge >= 0.3 is 5.97 Å². The van der Waals surface area contributed by atoms with Crippen LogP contribution in [0.4, 0.5) is 0 Å². The molecule has 0 aromatic heterocycles. The van der Waals surface area contributed by atoms with E-state index in [1.54, 1.807) is 31.2 Å². The van der Waals surface area contributed by atoms with Crippen molar-refractivity contribution in [2.24, 2.45) is 0 Å². The van der Waals surface area contributed by atoms with E-state index in [1.807, 2.05) is 6.07 Å². The molecule has 1 aliphatic heterocycles. The van der Waals surface area contributed by atoms with Crippen LogP contribution in [0.2, 0.25) is 0 Å². The van der Waals surface area contributed by atoms with Crippen molar-refractivity contribution < 1.29 is 19.5 Å². The smallest absolute Gasteiger partial charge is 0.326 e. The second-order valence-corrected chi connectivity index (χ2v) is 4.96. The Morgan fingerprint density at radius 3 is 2.42 bits per heavy atom. The van der Waals surface area contributed by atoms with E-state index in [2.05, 4.69) is 0 Å². The average Bonchev–Trinajstić information content (AvgIpc) is 2.61. The van der Waals surface area contributed by atoms with E-state index >= 15 is 0 Å². The van der Waals surface area contributed by atoms with Crippen LogP contribution in [0.1, 0.15) is 25.8 Å². The Bertz CT molecular complexity index is 540. The summed E-state index contributed by atoms with van der Waals surface area (Å²) in [5.74, 6) is -2.07. The fourth-order valence-electron chi connectivity index (χ4n) is 2.38. The van der Waals surface area contributed by atoms with Crippen LogP contribution in [0.15, 0.2) is 30.3 Å². The molecule has 0 saturated carbocycles. The van der Waals surface area contributed by atoms with Crippen molar-refractivity contribution in [1.29, 1.82) is 0 Å². The van der Waals surface area contributed by atoms with Crippen LogP contribution in [-0.4, -0.2) is 33.8 Å². The summed E-state index contributed by atoms with van der Waals surface area (Å²) in [7, 11) is 0. The Hall–Kier alpha value is -2.17. The molecule has 2 unspecified atom stereocenters. The van der Waals surface area contributed by atoms with E-state index in [1.165, 1.54) is 6.92 Å². The van der Waals surface area contributed by atoms with Crippen LogP contribution in [0.5, 0.6) is 0 Å². The lowest BCUT2D eigenvalue weighted by atomic mass is 9.81. The number of carbonyl (C=O) groups excluding carboxylic acids is 2. The van der Waals surface area contributed by atoms with Crippen LogP contribution in [0.3, 0.4) is 0 Å². The molecule has 5 nitrogen and oxygen atoms in total. The highest BCUT2D eigenvalue weighted by Gasteiger charge is 2.51. The molecule has 0 bridgehead atoms. The van der Waals surface area contributed by atoms with Crippen LogP contribution in [-0.2, 0) is 19.8 Å². The summed E-state index contributed by atoms with van der Waals surface area (Å²) in [6, 6.07) is 7.83. The number of hydrogen-bond donors (Lipinski definition) is 1. The summed E-state index contributed by atoms with van der Waals surface area (Å²) in [6.07, 6.45) is 0.00741. The first-order valence-electron chi connectivity index (χ1n) is 6.03. The van der Waals surface area contributed by atoms with Crippen molar-refractivity contribution in [3.8, 4) is 0 Å². The van der Waals surface area contributed by atoms with Gasteiger partial charge in [0.15, 0.2) is 0 Å². The van der Waals surface area contributed by atoms with Crippen molar-refractivity contribution in [1.82, 2.24) is 4.90 Å². The van der Waals surface area contributed by atoms with Gasteiger partial charge in [-0.3, -0.25) is 14.5 Å². The number of carbonyl (C=O) groups is 3. The first kappa shape index (κ1) is 13.3. The predicted molar refractivity (Wildman–Crippen MR) is 67.4 cm³/mol. The highest BCUT2D eigenvalue weighted by molar-refractivity contribution is 6.10. The molecule has 1 aliphatic rings. The van der Waals surface area contributed by atoms with Crippen LogP contribution in [0.25, 0.3) is 0 Å². The molecule has 100 valence electrons. The number of likely N-dealkylation sites (tertiary alicyclic amines) is 1. The summed E-state index contributed by atoms with van der Waals surface area (Å²) < 4.78 is 0. The fraction of sp³-hybridized carbons (Fsp3) is 0.357. The van der Waals surface area contributed by atoms with Gasteiger partial charge in [0.2, 0.25) is 11.8 Å². The third-order valence-corrected chi connectivity index (χ3v) is 3.62. The lowest BCUT2D eigenvalue weighted by Gasteiger charge is -2.24. The van der Waals surface area contributed by atoms with Crippen molar-refractivity contribution >= 4 is 17.8 Å². The maximum absolute atomic E-state index is 12.4. The van der Waals surface area contributed by atoms with Gasteiger partial charge < -0.3 is 5.11 Å². The third-order valence-electron chi connectivity index (χ3n) is 3.62. The van der Waals surface area contributed by atoms with Gasteiger partial charge in [-0.15, -0.1) is 0 Å². The maximum Gasteiger partial charge on any atom is 0.326 e. The van der Waals surface area contributed by atoms with Gasteiger partial charge in [0.05, 0.1) is 5.41 Å². The maximum atomic E-state index is 12.4. The molecule has 2 atom stereocenters. The number of carboxylic acids is 1. The molecule has 5 heteroatoms. The normalized spacial score (nSPS) is 24.6. The molecule has 1 saturated heterocycles. The zero-order valence-electron chi connectivity index (χ0n) is 10.8. The highest BCUT2D eigenvalue weighted by Crippen LogP contribution is 2.37. The Kier molecular flexibility index (Phi) is 3.14. The molecule has 0 radical (unpaired) electrons. The second kappa shape index (κ2) is 4.50. The van der Waals surface area contributed by atoms with Gasteiger partial charge in [-0.25, -0.2) is 4.79 Å². The molecule has 1 aromatic carbocycles. The zero-order chi connectivity index (χ0) is 14.2. The number of aliphatic carboxylic acids is 1. The van der Waals surface area contributed by atoms with Crippen LogP contribution in [0, 0.1) is 0 Å². The van der Waals surface area contributed by atoms with Gasteiger partial charge in [-0.2, -0.15) is 0 Å². The fourth-order valence-corrected chi connectivity index (χ4v) is 2.38. The minimum atomic E-state index is -1.18. The lowest BCUT2D eigenvalue weighted by molar-refractivity contribution is -0.154. The molecule has 2 rings (SSSR count). The molecule has 1 N–H and O–H groups in total. The van der Waals surface area contributed by atoms with Crippen molar-refractivity contribution in [3.63, 3.8) is 0 Å². The van der Waals surface area contributed by atoms with E-state index in [9.17, 15) is 14.4 Å². The van der Waals surface area contributed by atoms with E-state index in [-0.39, 0.29) is 6.42 Å². The molecule has 19 heavy (non-hydrogen) atoms. The number of nitrogens with zero attached hydrogens (tertiary/aromatic N) is 1.